The molecule has 84 valence electrons. The molecule has 1 aromatic heterocycles. The minimum Gasteiger partial charge on any atom is -0.345 e. The van der Waals surface area contributed by atoms with Crippen LogP contribution in [0.1, 0.15) is 29.9 Å². The van der Waals surface area contributed by atoms with E-state index in [0.29, 0.717) is 15.8 Å². The van der Waals surface area contributed by atoms with E-state index >= 15 is 0 Å². The lowest BCUT2D eigenvalue weighted by atomic mass is 10.0. The first-order valence-corrected chi connectivity index (χ1v) is 6.43. The highest BCUT2D eigenvalue weighted by Crippen LogP contribution is 2.23. The molecular weight excluding hydrogens is 253 g/mol. The van der Waals surface area contributed by atoms with Crippen LogP contribution in [0.5, 0.6) is 0 Å². The molecule has 0 aliphatic carbocycles. The number of hydrogen-bond acceptors (Lipinski definition) is 2. The van der Waals surface area contributed by atoms with E-state index in [0.717, 1.165) is 6.42 Å². The largest absolute Gasteiger partial charge is 0.345 e. The van der Waals surface area contributed by atoms with Crippen molar-refractivity contribution in [2.45, 2.75) is 25.8 Å². The summed E-state index contributed by atoms with van der Waals surface area (Å²) < 4.78 is 0. The Morgan fingerprint density at radius 2 is 2.33 bits per heavy atom. The van der Waals surface area contributed by atoms with Crippen LogP contribution in [-0.2, 0) is 0 Å². The molecule has 0 fully saturated rings. The zero-order valence-corrected chi connectivity index (χ0v) is 11.0. The van der Waals surface area contributed by atoms with Gasteiger partial charge in [-0.2, -0.15) is 0 Å². The normalized spacial score (nSPS) is 14.7. The average Bonchev–Trinajstić information content (AvgIpc) is 2.64. The molecule has 1 heterocycles. The summed E-state index contributed by atoms with van der Waals surface area (Å²) in [4.78, 5) is 12.4. The van der Waals surface area contributed by atoms with Gasteiger partial charge in [0.05, 0.1) is 10.6 Å². The first-order chi connectivity index (χ1) is 7.02. The molecular formula is C10H13Cl2NOS. The van der Waals surface area contributed by atoms with Crippen LogP contribution < -0.4 is 5.32 Å². The maximum absolute atomic E-state index is 11.8. The Morgan fingerprint density at radius 3 is 2.73 bits per heavy atom. The van der Waals surface area contributed by atoms with Crippen molar-refractivity contribution in [1.82, 2.24) is 5.32 Å². The van der Waals surface area contributed by atoms with Gasteiger partial charge < -0.3 is 5.32 Å². The number of rotatable bonds is 4. The topological polar surface area (TPSA) is 29.1 Å². The van der Waals surface area contributed by atoms with Crippen LogP contribution in [0.4, 0.5) is 0 Å². The van der Waals surface area contributed by atoms with Crippen molar-refractivity contribution < 1.29 is 4.79 Å². The number of thiophene rings is 1. The summed E-state index contributed by atoms with van der Waals surface area (Å²) in [5.41, 5.74) is -0.369. The van der Waals surface area contributed by atoms with Gasteiger partial charge in [-0.05, 0) is 24.8 Å². The Kier molecular flexibility index (Phi) is 4.44. The zero-order chi connectivity index (χ0) is 11.5. The Hall–Kier alpha value is -0.250. The van der Waals surface area contributed by atoms with Gasteiger partial charge >= 0.3 is 0 Å². The fourth-order valence-electron chi connectivity index (χ4n) is 1.00. The SMILES string of the molecule is CCC(C)(CCl)NC(=O)c1sccc1Cl. The lowest BCUT2D eigenvalue weighted by Gasteiger charge is -2.26. The molecule has 2 nitrogen and oxygen atoms in total. The van der Waals surface area contributed by atoms with Gasteiger partial charge in [-0.1, -0.05) is 18.5 Å². The predicted molar refractivity (Wildman–Crippen MR) is 66.2 cm³/mol. The van der Waals surface area contributed by atoms with Crippen molar-refractivity contribution in [3.63, 3.8) is 0 Å². The Balaban J connectivity index is 2.76. The summed E-state index contributed by atoms with van der Waals surface area (Å²) >= 11 is 13.0. The van der Waals surface area contributed by atoms with E-state index in [1.165, 1.54) is 11.3 Å². The minimum absolute atomic E-state index is 0.153. The van der Waals surface area contributed by atoms with Crippen LogP contribution in [0.2, 0.25) is 5.02 Å². The molecule has 15 heavy (non-hydrogen) atoms. The van der Waals surface area contributed by atoms with Crippen LogP contribution in [0, 0.1) is 0 Å². The first kappa shape index (κ1) is 12.8. The molecule has 1 aromatic rings. The molecule has 0 radical (unpaired) electrons. The molecule has 0 saturated heterocycles. The van der Waals surface area contributed by atoms with Crippen LogP contribution in [-0.4, -0.2) is 17.3 Å². The fraction of sp³-hybridized carbons (Fsp3) is 0.500. The second-order valence-corrected chi connectivity index (χ2v) is 5.19. The summed E-state index contributed by atoms with van der Waals surface area (Å²) in [6.07, 6.45) is 0.783. The fourth-order valence-corrected chi connectivity index (χ4v) is 2.29. The van der Waals surface area contributed by atoms with Crippen molar-refractivity contribution in [2.75, 3.05) is 5.88 Å². The highest BCUT2D eigenvalue weighted by atomic mass is 35.5. The highest BCUT2D eigenvalue weighted by Gasteiger charge is 2.25. The molecule has 0 aliphatic heterocycles. The van der Waals surface area contributed by atoms with Gasteiger partial charge in [0.25, 0.3) is 5.91 Å². The van der Waals surface area contributed by atoms with Crippen molar-refractivity contribution >= 4 is 40.4 Å². The van der Waals surface area contributed by atoms with Crippen molar-refractivity contribution in [3.8, 4) is 0 Å². The standard InChI is InChI=1S/C10H13Cl2NOS/c1-3-10(2,6-11)13-9(14)8-7(12)4-5-15-8/h4-5H,3,6H2,1-2H3,(H,13,14). The monoisotopic (exact) mass is 265 g/mol. The lowest BCUT2D eigenvalue weighted by molar-refractivity contribution is 0.0917. The van der Waals surface area contributed by atoms with Crippen molar-refractivity contribution in [2.24, 2.45) is 0 Å². The number of carbonyl (C=O) groups is 1. The molecule has 0 bridgehead atoms. The number of alkyl halides is 1. The summed E-state index contributed by atoms with van der Waals surface area (Å²) in [7, 11) is 0. The van der Waals surface area contributed by atoms with Gasteiger partial charge in [0.1, 0.15) is 4.88 Å². The summed E-state index contributed by atoms with van der Waals surface area (Å²) in [5.74, 6) is 0.234. The van der Waals surface area contributed by atoms with E-state index in [-0.39, 0.29) is 11.4 Å². The highest BCUT2D eigenvalue weighted by molar-refractivity contribution is 7.12. The van der Waals surface area contributed by atoms with Gasteiger partial charge in [-0.15, -0.1) is 22.9 Å². The molecule has 1 rings (SSSR count). The summed E-state index contributed by atoms with van der Waals surface area (Å²) in [6.45, 7) is 3.90. The van der Waals surface area contributed by atoms with Gasteiger partial charge in [-0.3, -0.25) is 4.79 Å². The quantitative estimate of drug-likeness (QED) is 0.830. The molecule has 1 unspecified atom stereocenters. The van der Waals surface area contributed by atoms with E-state index in [9.17, 15) is 4.79 Å². The molecule has 1 N–H and O–H groups in total. The minimum atomic E-state index is -0.369. The summed E-state index contributed by atoms with van der Waals surface area (Å²) in [5, 5.41) is 5.18. The molecule has 0 saturated carbocycles. The number of amides is 1. The third-order valence-corrected chi connectivity index (χ3v) is 4.24. The van der Waals surface area contributed by atoms with E-state index < -0.39 is 0 Å². The smallest absolute Gasteiger partial charge is 0.263 e. The van der Waals surface area contributed by atoms with Gasteiger partial charge in [0, 0.05) is 5.88 Å². The zero-order valence-electron chi connectivity index (χ0n) is 8.64. The predicted octanol–water partition coefficient (Wildman–Crippen LogP) is 3.54. The van der Waals surface area contributed by atoms with Gasteiger partial charge in [0.2, 0.25) is 0 Å². The van der Waals surface area contributed by atoms with Crippen molar-refractivity contribution in [1.29, 1.82) is 0 Å². The molecule has 1 amide bonds. The maximum atomic E-state index is 11.8. The molecule has 1 atom stereocenters. The van der Waals surface area contributed by atoms with Crippen LogP contribution in [0.25, 0.3) is 0 Å². The number of halogens is 2. The first-order valence-electron chi connectivity index (χ1n) is 4.64. The van der Waals surface area contributed by atoms with E-state index in [1.54, 1.807) is 11.4 Å². The van der Waals surface area contributed by atoms with Crippen LogP contribution in [0.15, 0.2) is 11.4 Å². The molecule has 5 heteroatoms. The summed E-state index contributed by atoms with van der Waals surface area (Å²) in [6, 6.07) is 1.71. The van der Waals surface area contributed by atoms with Crippen LogP contribution in [0.3, 0.4) is 0 Å². The maximum Gasteiger partial charge on any atom is 0.263 e. The Labute approximate surface area is 104 Å². The Bertz CT molecular complexity index is 347. The molecule has 0 spiro atoms. The number of carbonyl (C=O) groups excluding carboxylic acids is 1. The molecule has 0 aliphatic rings. The number of hydrogen-bond donors (Lipinski definition) is 1. The third-order valence-electron chi connectivity index (χ3n) is 2.31. The van der Waals surface area contributed by atoms with Gasteiger partial charge in [0.15, 0.2) is 0 Å². The van der Waals surface area contributed by atoms with Crippen LogP contribution >= 0.6 is 34.5 Å². The Morgan fingerprint density at radius 1 is 1.67 bits per heavy atom. The number of nitrogens with one attached hydrogen (secondary N) is 1. The van der Waals surface area contributed by atoms with E-state index in [1.807, 2.05) is 13.8 Å². The average molecular weight is 266 g/mol. The van der Waals surface area contributed by atoms with Crippen molar-refractivity contribution in [3.05, 3.63) is 21.3 Å². The van der Waals surface area contributed by atoms with E-state index in [2.05, 4.69) is 5.32 Å². The third kappa shape index (κ3) is 3.10. The second kappa shape index (κ2) is 5.19. The van der Waals surface area contributed by atoms with Gasteiger partial charge in [-0.25, -0.2) is 0 Å². The van der Waals surface area contributed by atoms with E-state index in [4.69, 9.17) is 23.2 Å². The second-order valence-electron chi connectivity index (χ2n) is 3.60. The molecule has 0 aromatic carbocycles. The lowest BCUT2D eigenvalue weighted by Crippen LogP contribution is -2.46.